The Morgan fingerprint density at radius 3 is 2.21 bits per heavy atom. The zero-order chi connectivity index (χ0) is 24.5. The molecule has 0 amide bonds. The molecule has 1 atom stereocenters. The third-order valence-corrected chi connectivity index (χ3v) is 7.22. The van der Waals surface area contributed by atoms with E-state index in [1.54, 1.807) is 12.1 Å². The SMILES string of the molecule is FC(F)(F)c1ccc([C@]2(CCNCc3cncc(C(F)(F)F)c3)CCOC3(CCCC3)C2)cc1. The van der Waals surface area contributed by atoms with Crippen LogP contribution < -0.4 is 5.32 Å². The number of halogens is 6. The van der Waals surface area contributed by atoms with E-state index in [1.807, 2.05) is 0 Å². The summed E-state index contributed by atoms with van der Waals surface area (Å²) in [4.78, 5) is 3.69. The maximum atomic E-state index is 13.1. The molecule has 2 aromatic rings. The van der Waals surface area contributed by atoms with Gasteiger partial charge in [0, 0.05) is 31.0 Å². The van der Waals surface area contributed by atoms with Crippen molar-refractivity contribution < 1.29 is 31.1 Å². The first kappa shape index (κ1) is 25.0. The lowest BCUT2D eigenvalue weighted by Gasteiger charge is -2.47. The van der Waals surface area contributed by atoms with Crippen molar-refractivity contribution >= 4 is 0 Å². The minimum Gasteiger partial charge on any atom is -0.375 e. The second-order valence-corrected chi connectivity index (χ2v) is 9.53. The number of aromatic nitrogens is 1. The van der Waals surface area contributed by atoms with Gasteiger partial charge in [0.15, 0.2) is 0 Å². The van der Waals surface area contributed by atoms with E-state index in [2.05, 4.69) is 10.3 Å². The van der Waals surface area contributed by atoms with Gasteiger partial charge in [0.25, 0.3) is 0 Å². The highest BCUT2D eigenvalue weighted by Gasteiger charge is 2.47. The molecule has 2 aliphatic rings. The highest BCUT2D eigenvalue weighted by atomic mass is 19.4. The van der Waals surface area contributed by atoms with E-state index in [9.17, 15) is 26.3 Å². The zero-order valence-electron chi connectivity index (χ0n) is 18.7. The molecular formula is C25H28F6N2O. The van der Waals surface area contributed by atoms with Gasteiger partial charge in [-0.1, -0.05) is 25.0 Å². The Labute approximate surface area is 194 Å². The Hall–Kier alpha value is -2.13. The summed E-state index contributed by atoms with van der Waals surface area (Å²) in [7, 11) is 0. The summed E-state index contributed by atoms with van der Waals surface area (Å²) < 4.78 is 84.3. The number of pyridine rings is 1. The van der Waals surface area contributed by atoms with Crippen LogP contribution in [0.1, 0.15) is 67.2 Å². The number of hydrogen-bond acceptors (Lipinski definition) is 3. The van der Waals surface area contributed by atoms with Crippen molar-refractivity contribution in [2.24, 2.45) is 0 Å². The van der Waals surface area contributed by atoms with Gasteiger partial charge in [0.05, 0.1) is 16.7 Å². The minimum atomic E-state index is -4.45. The molecule has 1 aromatic carbocycles. The zero-order valence-corrected chi connectivity index (χ0v) is 18.7. The smallest absolute Gasteiger partial charge is 0.375 e. The van der Waals surface area contributed by atoms with Crippen molar-refractivity contribution in [1.82, 2.24) is 10.3 Å². The summed E-state index contributed by atoms with van der Waals surface area (Å²) in [6.45, 7) is 1.27. The topological polar surface area (TPSA) is 34.2 Å². The monoisotopic (exact) mass is 486 g/mol. The van der Waals surface area contributed by atoms with E-state index >= 15 is 0 Å². The fourth-order valence-corrected chi connectivity index (χ4v) is 5.48. The van der Waals surface area contributed by atoms with Gasteiger partial charge in [0.2, 0.25) is 0 Å². The van der Waals surface area contributed by atoms with Gasteiger partial charge in [-0.05, 0) is 68.0 Å². The van der Waals surface area contributed by atoms with Crippen molar-refractivity contribution in [2.75, 3.05) is 13.2 Å². The van der Waals surface area contributed by atoms with Crippen molar-refractivity contribution in [2.45, 2.75) is 74.9 Å². The van der Waals surface area contributed by atoms with E-state index in [-0.39, 0.29) is 17.6 Å². The molecule has 1 N–H and O–H groups in total. The van der Waals surface area contributed by atoms with Gasteiger partial charge >= 0.3 is 12.4 Å². The predicted molar refractivity (Wildman–Crippen MR) is 115 cm³/mol. The maximum Gasteiger partial charge on any atom is 0.417 e. The van der Waals surface area contributed by atoms with Gasteiger partial charge < -0.3 is 10.1 Å². The lowest BCUT2D eigenvalue weighted by molar-refractivity contribution is -0.138. The number of nitrogens with zero attached hydrogens (tertiary/aromatic N) is 1. The summed E-state index contributed by atoms with van der Waals surface area (Å²) >= 11 is 0. The van der Waals surface area contributed by atoms with Crippen LogP contribution in [0.25, 0.3) is 0 Å². The largest absolute Gasteiger partial charge is 0.417 e. The molecule has 34 heavy (non-hydrogen) atoms. The number of hydrogen-bond donors (Lipinski definition) is 1. The van der Waals surface area contributed by atoms with Crippen LogP contribution in [0, 0.1) is 0 Å². The summed E-state index contributed by atoms with van der Waals surface area (Å²) in [6.07, 6.45) is -0.546. The van der Waals surface area contributed by atoms with Gasteiger partial charge in [0.1, 0.15) is 0 Å². The van der Waals surface area contributed by atoms with Gasteiger partial charge in [-0.15, -0.1) is 0 Å². The minimum absolute atomic E-state index is 0.224. The fourth-order valence-electron chi connectivity index (χ4n) is 5.48. The van der Waals surface area contributed by atoms with Crippen LogP contribution in [-0.4, -0.2) is 23.7 Å². The molecule has 1 aliphatic heterocycles. The molecule has 1 saturated heterocycles. The Balaban J connectivity index is 1.49. The van der Waals surface area contributed by atoms with E-state index < -0.39 is 23.5 Å². The number of rotatable bonds is 6. The maximum absolute atomic E-state index is 13.1. The van der Waals surface area contributed by atoms with Crippen LogP contribution >= 0.6 is 0 Å². The summed E-state index contributed by atoms with van der Waals surface area (Å²) in [5.41, 5.74) is -0.780. The highest BCUT2D eigenvalue weighted by molar-refractivity contribution is 5.32. The first-order valence-corrected chi connectivity index (χ1v) is 11.6. The molecule has 186 valence electrons. The molecule has 2 heterocycles. The molecule has 0 bridgehead atoms. The number of benzene rings is 1. The van der Waals surface area contributed by atoms with E-state index in [1.165, 1.54) is 6.20 Å². The molecule has 9 heteroatoms. The van der Waals surface area contributed by atoms with E-state index in [0.29, 0.717) is 31.6 Å². The average Bonchev–Trinajstić information content (AvgIpc) is 3.23. The second-order valence-electron chi connectivity index (χ2n) is 9.53. The molecular weight excluding hydrogens is 458 g/mol. The molecule has 1 aliphatic carbocycles. The fraction of sp³-hybridized carbons (Fsp3) is 0.560. The van der Waals surface area contributed by atoms with E-state index in [0.717, 1.165) is 62.1 Å². The molecule has 1 aromatic heterocycles. The molecule has 1 saturated carbocycles. The number of nitrogens with one attached hydrogen (secondary N) is 1. The van der Waals surface area contributed by atoms with Crippen molar-refractivity contribution in [3.8, 4) is 0 Å². The molecule has 3 nitrogen and oxygen atoms in total. The Morgan fingerprint density at radius 1 is 0.882 bits per heavy atom. The molecule has 1 spiro atoms. The van der Waals surface area contributed by atoms with Crippen molar-refractivity contribution in [1.29, 1.82) is 0 Å². The van der Waals surface area contributed by atoms with Crippen LogP contribution in [0.4, 0.5) is 26.3 Å². The first-order chi connectivity index (χ1) is 16.0. The average molecular weight is 487 g/mol. The van der Waals surface area contributed by atoms with Gasteiger partial charge in [-0.2, -0.15) is 26.3 Å². The summed E-state index contributed by atoms with van der Waals surface area (Å²) in [5, 5.41) is 3.21. The second kappa shape index (κ2) is 9.49. The van der Waals surface area contributed by atoms with Crippen molar-refractivity contribution in [3.05, 3.63) is 65.0 Å². The first-order valence-electron chi connectivity index (χ1n) is 11.6. The highest BCUT2D eigenvalue weighted by Crippen LogP contribution is 2.50. The number of alkyl halides is 6. The van der Waals surface area contributed by atoms with E-state index in [4.69, 9.17) is 4.74 Å². The van der Waals surface area contributed by atoms with Crippen LogP contribution in [0.5, 0.6) is 0 Å². The molecule has 0 unspecified atom stereocenters. The molecule has 2 fully saturated rings. The number of ether oxygens (including phenoxy) is 1. The van der Waals surface area contributed by atoms with Crippen LogP contribution in [0.3, 0.4) is 0 Å². The Morgan fingerprint density at radius 2 is 1.56 bits per heavy atom. The Bertz CT molecular complexity index is 967. The third kappa shape index (κ3) is 5.57. The quantitative estimate of drug-likeness (QED) is 0.366. The predicted octanol–water partition coefficient (Wildman–Crippen LogP) is 6.66. The molecule has 4 rings (SSSR count). The normalized spacial score (nSPS) is 22.9. The van der Waals surface area contributed by atoms with Crippen LogP contribution in [-0.2, 0) is 29.0 Å². The lowest BCUT2D eigenvalue weighted by atomic mass is 9.66. The third-order valence-electron chi connectivity index (χ3n) is 7.22. The van der Waals surface area contributed by atoms with Gasteiger partial charge in [-0.3, -0.25) is 4.98 Å². The lowest BCUT2D eigenvalue weighted by Crippen LogP contribution is -2.47. The van der Waals surface area contributed by atoms with Crippen molar-refractivity contribution in [3.63, 3.8) is 0 Å². The Kier molecular flexibility index (Phi) is 6.97. The van der Waals surface area contributed by atoms with Crippen LogP contribution in [0.2, 0.25) is 0 Å². The van der Waals surface area contributed by atoms with Gasteiger partial charge in [-0.25, -0.2) is 0 Å². The summed E-state index contributed by atoms with van der Waals surface area (Å²) in [6, 6.07) is 6.50. The standard InChI is InChI=1S/C25H28F6N2O/c26-24(27,28)20-5-3-19(4-6-20)22(10-12-34-23(17-22)7-1-2-8-23)9-11-32-14-18-13-21(16-33-15-18)25(29,30)31/h3-6,13,15-16,32H,1-2,7-12,14,17H2/t22-/m1/s1. The van der Waals surface area contributed by atoms with Crippen LogP contribution in [0.15, 0.2) is 42.7 Å². The molecule has 0 radical (unpaired) electrons. The summed E-state index contributed by atoms with van der Waals surface area (Å²) in [5.74, 6) is 0.